The topological polar surface area (TPSA) is 84.5 Å². The number of rotatable bonds is 8. The van der Waals surface area contributed by atoms with Crippen LogP contribution in [-0.4, -0.2) is 20.9 Å². The Morgan fingerprint density at radius 1 is 0.931 bits per heavy atom. The van der Waals surface area contributed by atoms with Crippen LogP contribution in [0.4, 0.5) is 5.69 Å². The summed E-state index contributed by atoms with van der Waals surface area (Å²) in [4.78, 5) is 12.6. The molecule has 29 heavy (non-hydrogen) atoms. The van der Waals surface area contributed by atoms with Crippen molar-refractivity contribution in [1.82, 2.24) is 5.32 Å². The molecule has 1 amide bonds. The molecule has 0 aliphatic heterocycles. The van der Waals surface area contributed by atoms with Crippen molar-refractivity contribution in [1.29, 1.82) is 0 Å². The van der Waals surface area contributed by atoms with Crippen LogP contribution >= 0.6 is 0 Å². The lowest BCUT2D eigenvalue weighted by atomic mass is 10.1. The molecule has 6 nitrogen and oxygen atoms in total. The van der Waals surface area contributed by atoms with Crippen LogP contribution in [0.25, 0.3) is 0 Å². The highest BCUT2D eigenvalue weighted by Gasteiger charge is 2.14. The van der Waals surface area contributed by atoms with Crippen molar-refractivity contribution in [3.8, 4) is 5.75 Å². The summed E-state index contributed by atoms with van der Waals surface area (Å²) in [5, 5.41) is 2.83. The Balaban J connectivity index is 1.65. The Morgan fingerprint density at radius 3 is 2.34 bits per heavy atom. The van der Waals surface area contributed by atoms with Gasteiger partial charge in [0.1, 0.15) is 5.75 Å². The van der Waals surface area contributed by atoms with E-state index in [0.717, 1.165) is 11.3 Å². The number of amides is 1. The van der Waals surface area contributed by atoms with Gasteiger partial charge >= 0.3 is 0 Å². The highest BCUT2D eigenvalue weighted by molar-refractivity contribution is 7.92. The number of sulfonamides is 1. The molecule has 3 aromatic rings. The number of benzene rings is 3. The second kappa shape index (κ2) is 9.25. The summed E-state index contributed by atoms with van der Waals surface area (Å²) < 4.78 is 32.8. The molecule has 0 aliphatic rings. The van der Waals surface area contributed by atoms with Gasteiger partial charge in [0, 0.05) is 17.8 Å². The van der Waals surface area contributed by atoms with E-state index in [1.165, 1.54) is 18.2 Å². The molecule has 0 unspecified atom stereocenters. The van der Waals surface area contributed by atoms with Crippen molar-refractivity contribution >= 4 is 21.6 Å². The predicted molar refractivity (Wildman–Crippen MR) is 112 cm³/mol. The molecule has 0 saturated carbocycles. The largest absolute Gasteiger partial charge is 0.494 e. The van der Waals surface area contributed by atoms with E-state index in [1.807, 2.05) is 31.2 Å². The van der Waals surface area contributed by atoms with Crippen molar-refractivity contribution < 1.29 is 17.9 Å². The van der Waals surface area contributed by atoms with Crippen LogP contribution in [0.3, 0.4) is 0 Å². The monoisotopic (exact) mass is 410 g/mol. The van der Waals surface area contributed by atoms with E-state index in [4.69, 9.17) is 4.74 Å². The maximum absolute atomic E-state index is 12.5. The van der Waals surface area contributed by atoms with E-state index in [1.54, 1.807) is 36.4 Å². The van der Waals surface area contributed by atoms with Crippen LogP contribution in [0.15, 0.2) is 83.8 Å². The van der Waals surface area contributed by atoms with Gasteiger partial charge in [-0.25, -0.2) is 8.42 Å². The average Bonchev–Trinajstić information content (AvgIpc) is 2.74. The Labute approximate surface area is 170 Å². The van der Waals surface area contributed by atoms with E-state index >= 15 is 0 Å². The summed E-state index contributed by atoms with van der Waals surface area (Å²) in [6.45, 7) is 2.87. The molecule has 0 aromatic heterocycles. The molecular weight excluding hydrogens is 388 g/mol. The zero-order chi connectivity index (χ0) is 20.7. The number of carbonyl (C=O) groups excluding carboxylic acids is 1. The maximum atomic E-state index is 12.5. The minimum Gasteiger partial charge on any atom is -0.494 e. The van der Waals surface area contributed by atoms with Crippen LogP contribution in [0, 0.1) is 0 Å². The Bertz CT molecular complexity index is 1070. The van der Waals surface area contributed by atoms with E-state index in [-0.39, 0.29) is 10.8 Å². The summed E-state index contributed by atoms with van der Waals surface area (Å²) in [5.74, 6) is 0.487. The average molecular weight is 410 g/mol. The van der Waals surface area contributed by atoms with Gasteiger partial charge in [0.15, 0.2) is 0 Å². The molecule has 0 spiro atoms. The molecule has 3 aromatic carbocycles. The summed E-state index contributed by atoms with van der Waals surface area (Å²) in [5.41, 5.74) is 1.62. The minimum atomic E-state index is -3.71. The quantitative estimate of drug-likeness (QED) is 0.591. The fourth-order valence-corrected chi connectivity index (χ4v) is 3.76. The molecule has 0 aliphatic carbocycles. The first-order chi connectivity index (χ1) is 14.0. The third-order valence-corrected chi connectivity index (χ3v) is 5.52. The lowest BCUT2D eigenvalue weighted by molar-refractivity contribution is 0.0951. The number of hydrogen-bond acceptors (Lipinski definition) is 4. The Kier molecular flexibility index (Phi) is 6.51. The van der Waals surface area contributed by atoms with Gasteiger partial charge in [0.05, 0.1) is 11.5 Å². The summed E-state index contributed by atoms with van der Waals surface area (Å²) in [6.07, 6.45) is 0. The second-order valence-corrected chi connectivity index (χ2v) is 7.94. The minimum absolute atomic E-state index is 0.158. The molecule has 150 valence electrons. The maximum Gasteiger partial charge on any atom is 0.261 e. The molecule has 0 saturated heterocycles. The standard InChI is InChI=1S/C22H22N2O4S/c1-2-28-20-13-11-17(12-14-20)16-23-22(25)18-7-6-8-19(15-18)24-29(26,27)21-9-4-3-5-10-21/h3-15,24H,2,16H2,1H3,(H,23,25). The van der Waals surface area contributed by atoms with Gasteiger partial charge in [0.2, 0.25) is 0 Å². The van der Waals surface area contributed by atoms with Crippen molar-refractivity contribution in [3.05, 3.63) is 90.0 Å². The number of carbonyl (C=O) groups is 1. The zero-order valence-electron chi connectivity index (χ0n) is 16.0. The molecule has 3 rings (SSSR count). The first-order valence-electron chi connectivity index (χ1n) is 9.16. The molecule has 0 atom stereocenters. The van der Waals surface area contributed by atoms with Crippen LogP contribution in [-0.2, 0) is 16.6 Å². The van der Waals surface area contributed by atoms with Crippen molar-refractivity contribution in [2.75, 3.05) is 11.3 Å². The van der Waals surface area contributed by atoms with E-state index in [2.05, 4.69) is 10.0 Å². The lowest BCUT2D eigenvalue weighted by Crippen LogP contribution is -2.23. The fourth-order valence-electron chi connectivity index (χ4n) is 2.69. The molecule has 7 heteroatoms. The molecular formula is C22H22N2O4S. The van der Waals surface area contributed by atoms with Gasteiger partial charge < -0.3 is 10.1 Å². The molecule has 0 fully saturated rings. The van der Waals surface area contributed by atoms with Crippen LogP contribution in [0.5, 0.6) is 5.75 Å². The first kappa shape index (κ1) is 20.4. The molecule has 2 N–H and O–H groups in total. The third-order valence-electron chi connectivity index (χ3n) is 4.12. The van der Waals surface area contributed by atoms with E-state index in [0.29, 0.717) is 24.4 Å². The lowest BCUT2D eigenvalue weighted by Gasteiger charge is -2.10. The second-order valence-electron chi connectivity index (χ2n) is 6.26. The first-order valence-corrected chi connectivity index (χ1v) is 10.6. The summed E-state index contributed by atoms with van der Waals surface area (Å²) in [7, 11) is -3.71. The normalized spacial score (nSPS) is 10.9. The van der Waals surface area contributed by atoms with Gasteiger partial charge in [-0.3, -0.25) is 9.52 Å². The smallest absolute Gasteiger partial charge is 0.261 e. The number of nitrogens with one attached hydrogen (secondary N) is 2. The number of ether oxygens (including phenoxy) is 1. The Hall–Kier alpha value is -3.32. The fraction of sp³-hybridized carbons (Fsp3) is 0.136. The molecule has 0 heterocycles. The van der Waals surface area contributed by atoms with Gasteiger partial charge in [0.25, 0.3) is 15.9 Å². The Morgan fingerprint density at radius 2 is 1.66 bits per heavy atom. The highest BCUT2D eigenvalue weighted by Crippen LogP contribution is 2.17. The summed E-state index contributed by atoms with van der Waals surface area (Å²) >= 11 is 0. The van der Waals surface area contributed by atoms with Crippen LogP contribution in [0.2, 0.25) is 0 Å². The SMILES string of the molecule is CCOc1ccc(CNC(=O)c2cccc(NS(=O)(=O)c3ccccc3)c2)cc1. The van der Waals surface area contributed by atoms with Crippen molar-refractivity contribution in [3.63, 3.8) is 0 Å². The molecule has 0 bridgehead atoms. The van der Waals surface area contributed by atoms with Gasteiger partial charge in [-0.15, -0.1) is 0 Å². The van der Waals surface area contributed by atoms with Gasteiger partial charge in [-0.05, 0) is 55.0 Å². The van der Waals surface area contributed by atoms with Crippen molar-refractivity contribution in [2.45, 2.75) is 18.4 Å². The highest BCUT2D eigenvalue weighted by atomic mass is 32.2. The van der Waals surface area contributed by atoms with E-state index < -0.39 is 10.0 Å². The van der Waals surface area contributed by atoms with Gasteiger partial charge in [-0.1, -0.05) is 36.4 Å². The third kappa shape index (κ3) is 5.58. The number of anilines is 1. The van der Waals surface area contributed by atoms with E-state index in [9.17, 15) is 13.2 Å². The van der Waals surface area contributed by atoms with Crippen LogP contribution < -0.4 is 14.8 Å². The molecule has 0 radical (unpaired) electrons. The zero-order valence-corrected chi connectivity index (χ0v) is 16.8. The predicted octanol–water partition coefficient (Wildman–Crippen LogP) is 3.82. The van der Waals surface area contributed by atoms with Crippen LogP contribution in [0.1, 0.15) is 22.8 Å². The van der Waals surface area contributed by atoms with Gasteiger partial charge in [-0.2, -0.15) is 0 Å². The summed E-state index contributed by atoms with van der Waals surface area (Å²) in [6, 6.07) is 21.9. The number of hydrogen-bond donors (Lipinski definition) is 2. The van der Waals surface area contributed by atoms with Crippen molar-refractivity contribution in [2.24, 2.45) is 0 Å².